The van der Waals surface area contributed by atoms with E-state index in [9.17, 15) is 9.59 Å². The number of H-pyrrole nitrogens is 1. The van der Waals surface area contributed by atoms with E-state index in [4.69, 9.17) is 9.84 Å². The highest BCUT2D eigenvalue weighted by atomic mass is 16.5. The number of aromatic amines is 1. The number of aromatic nitrogens is 2. The first kappa shape index (κ1) is 15.2. The maximum Gasteiger partial charge on any atom is 0.334 e. The Labute approximate surface area is 132 Å². The Morgan fingerprint density at radius 3 is 2.91 bits per heavy atom. The molecule has 0 unspecified atom stereocenters. The number of benzene rings is 1. The second kappa shape index (κ2) is 6.21. The summed E-state index contributed by atoms with van der Waals surface area (Å²) in [6.07, 6.45) is -0.980. The van der Waals surface area contributed by atoms with Gasteiger partial charge in [0, 0.05) is 12.1 Å². The molecule has 2 N–H and O–H groups in total. The number of carbonyl (C=O) groups is 2. The number of nitrogens with one attached hydrogen (secondary N) is 1. The zero-order valence-electron chi connectivity index (χ0n) is 12.7. The summed E-state index contributed by atoms with van der Waals surface area (Å²) in [5, 5.41) is 15.9. The fourth-order valence-electron chi connectivity index (χ4n) is 2.58. The van der Waals surface area contributed by atoms with Crippen molar-refractivity contribution in [3.8, 4) is 11.3 Å². The summed E-state index contributed by atoms with van der Waals surface area (Å²) in [5.41, 5.74) is 3.05. The van der Waals surface area contributed by atoms with E-state index in [0.29, 0.717) is 17.9 Å². The molecule has 7 heteroatoms. The smallest absolute Gasteiger partial charge is 0.334 e. The second-order valence-corrected chi connectivity index (χ2v) is 5.43. The third kappa shape index (κ3) is 3.09. The first-order valence-corrected chi connectivity index (χ1v) is 7.31. The van der Waals surface area contributed by atoms with Crippen LogP contribution in [-0.4, -0.2) is 57.9 Å². The minimum absolute atomic E-state index is 0.0346. The second-order valence-electron chi connectivity index (χ2n) is 5.43. The highest BCUT2D eigenvalue weighted by molar-refractivity contribution is 5.94. The van der Waals surface area contributed by atoms with E-state index in [1.807, 2.05) is 31.2 Å². The average Bonchev–Trinajstić information content (AvgIpc) is 3.04. The van der Waals surface area contributed by atoms with Crippen LogP contribution in [0.4, 0.5) is 0 Å². The number of ether oxygens (including phenoxy) is 1. The molecule has 1 aliphatic rings. The van der Waals surface area contributed by atoms with Gasteiger partial charge in [0.05, 0.1) is 18.8 Å². The van der Waals surface area contributed by atoms with Crippen LogP contribution in [0.1, 0.15) is 16.1 Å². The molecule has 1 aromatic carbocycles. The first-order valence-electron chi connectivity index (χ1n) is 7.31. The quantitative estimate of drug-likeness (QED) is 0.890. The van der Waals surface area contributed by atoms with Crippen molar-refractivity contribution in [3.05, 3.63) is 41.6 Å². The summed E-state index contributed by atoms with van der Waals surface area (Å²) in [5.74, 6) is -1.33. The number of nitrogens with zero attached hydrogens (tertiary/aromatic N) is 2. The van der Waals surface area contributed by atoms with Crippen molar-refractivity contribution in [1.29, 1.82) is 0 Å². The third-order valence-corrected chi connectivity index (χ3v) is 3.86. The van der Waals surface area contributed by atoms with Gasteiger partial charge in [0.15, 0.2) is 6.10 Å². The van der Waals surface area contributed by atoms with Gasteiger partial charge in [0.25, 0.3) is 5.91 Å². The molecule has 7 nitrogen and oxygen atoms in total. The summed E-state index contributed by atoms with van der Waals surface area (Å²) in [6, 6.07) is 9.46. The number of hydrogen-bond donors (Lipinski definition) is 2. The van der Waals surface area contributed by atoms with E-state index in [1.54, 1.807) is 6.07 Å². The zero-order valence-corrected chi connectivity index (χ0v) is 12.7. The molecule has 1 fully saturated rings. The lowest BCUT2D eigenvalue weighted by Gasteiger charge is -2.30. The molecule has 3 rings (SSSR count). The molecule has 1 saturated heterocycles. The maximum atomic E-state index is 12.5. The molecule has 0 bridgehead atoms. The van der Waals surface area contributed by atoms with Gasteiger partial charge in [0.1, 0.15) is 5.69 Å². The fraction of sp³-hybridized carbons (Fsp3) is 0.312. The van der Waals surface area contributed by atoms with Crippen molar-refractivity contribution in [2.24, 2.45) is 0 Å². The first-order chi connectivity index (χ1) is 11.1. The van der Waals surface area contributed by atoms with E-state index in [-0.39, 0.29) is 19.1 Å². The molecule has 1 atom stereocenters. The highest BCUT2D eigenvalue weighted by Crippen LogP contribution is 2.22. The lowest BCUT2D eigenvalue weighted by atomic mass is 10.1. The van der Waals surface area contributed by atoms with Gasteiger partial charge in [-0.2, -0.15) is 5.10 Å². The Bertz CT molecular complexity index is 740. The molecule has 0 spiro atoms. The molecule has 1 aromatic heterocycles. The standard InChI is InChI=1S/C16H17N3O4/c1-10-4-2-3-5-11(10)12-8-13(18-17-12)15(20)19-6-7-23-14(9-19)16(21)22/h2-5,8,14H,6-7,9H2,1H3,(H,17,18)(H,21,22)/t14-/m1/s1. The van der Waals surface area contributed by atoms with Crippen LogP contribution >= 0.6 is 0 Å². The van der Waals surface area contributed by atoms with Gasteiger partial charge in [-0.25, -0.2) is 4.79 Å². The van der Waals surface area contributed by atoms with Crippen LogP contribution in [0.5, 0.6) is 0 Å². The van der Waals surface area contributed by atoms with Gasteiger partial charge in [-0.1, -0.05) is 24.3 Å². The Morgan fingerprint density at radius 2 is 2.17 bits per heavy atom. The molecule has 23 heavy (non-hydrogen) atoms. The Balaban J connectivity index is 1.79. The van der Waals surface area contributed by atoms with Crippen LogP contribution in [0.3, 0.4) is 0 Å². The number of carboxylic acid groups (broad SMARTS) is 1. The minimum Gasteiger partial charge on any atom is -0.479 e. The predicted octanol–water partition coefficient (Wildman–Crippen LogP) is 1.31. The van der Waals surface area contributed by atoms with E-state index in [2.05, 4.69) is 10.2 Å². The predicted molar refractivity (Wildman–Crippen MR) is 82.0 cm³/mol. The van der Waals surface area contributed by atoms with Crippen LogP contribution in [-0.2, 0) is 9.53 Å². The number of rotatable bonds is 3. The highest BCUT2D eigenvalue weighted by Gasteiger charge is 2.30. The molecular formula is C16H17N3O4. The SMILES string of the molecule is Cc1ccccc1-c1cc(C(=O)N2CCO[C@@H](C(=O)O)C2)[nH]n1. The topological polar surface area (TPSA) is 95.5 Å². The minimum atomic E-state index is -1.06. The number of aryl methyl sites for hydroxylation is 1. The number of carbonyl (C=O) groups excluding carboxylic acids is 1. The van der Waals surface area contributed by atoms with E-state index in [0.717, 1.165) is 11.1 Å². The Hall–Kier alpha value is -2.67. The average molecular weight is 315 g/mol. The summed E-state index contributed by atoms with van der Waals surface area (Å²) in [6.45, 7) is 2.58. The maximum absolute atomic E-state index is 12.5. The summed E-state index contributed by atoms with van der Waals surface area (Å²) < 4.78 is 5.13. The number of amides is 1. The summed E-state index contributed by atoms with van der Waals surface area (Å²) in [7, 11) is 0. The zero-order chi connectivity index (χ0) is 16.4. The van der Waals surface area contributed by atoms with Crippen molar-refractivity contribution < 1.29 is 19.4 Å². The van der Waals surface area contributed by atoms with Crippen molar-refractivity contribution >= 4 is 11.9 Å². The molecular weight excluding hydrogens is 298 g/mol. The number of carboxylic acids is 1. The van der Waals surface area contributed by atoms with E-state index >= 15 is 0 Å². The summed E-state index contributed by atoms with van der Waals surface area (Å²) >= 11 is 0. The summed E-state index contributed by atoms with van der Waals surface area (Å²) in [4.78, 5) is 25.0. The van der Waals surface area contributed by atoms with Gasteiger partial charge in [-0.3, -0.25) is 9.89 Å². The molecule has 0 saturated carbocycles. The van der Waals surface area contributed by atoms with Crippen molar-refractivity contribution in [3.63, 3.8) is 0 Å². The molecule has 0 aliphatic carbocycles. The number of morpholine rings is 1. The fourth-order valence-corrected chi connectivity index (χ4v) is 2.58. The largest absolute Gasteiger partial charge is 0.479 e. The molecule has 2 heterocycles. The lowest BCUT2D eigenvalue weighted by molar-refractivity contribution is -0.154. The van der Waals surface area contributed by atoms with Crippen LogP contribution in [0.2, 0.25) is 0 Å². The number of aliphatic carboxylic acids is 1. The number of hydrogen-bond acceptors (Lipinski definition) is 4. The normalized spacial score (nSPS) is 18.0. The van der Waals surface area contributed by atoms with Crippen LogP contribution in [0.25, 0.3) is 11.3 Å². The third-order valence-electron chi connectivity index (χ3n) is 3.86. The Kier molecular flexibility index (Phi) is 4.12. The van der Waals surface area contributed by atoms with Crippen molar-refractivity contribution in [2.45, 2.75) is 13.0 Å². The molecule has 2 aromatic rings. The van der Waals surface area contributed by atoms with E-state index < -0.39 is 12.1 Å². The van der Waals surface area contributed by atoms with E-state index in [1.165, 1.54) is 4.90 Å². The van der Waals surface area contributed by atoms with Gasteiger partial charge >= 0.3 is 5.97 Å². The van der Waals surface area contributed by atoms with Crippen molar-refractivity contribution in [1.82, 2.24) is 15.1 Å². The van der Waals surface area contributed by atoms with Crippen LogP contribution in [0.15, 0.2) is 30.3 Å². The van der Waals surface area contributed by atoms with Crippen molar-refractivity contribution in [2.75, 3.05) is 19.7 Å². The van der Waals surface area contributed by atoms with Gasteiger partial charge in [-0.15, -0.1) is 0 Å². The Morgan fingerprint density at radius 1 is 1.39 bits per heavy atom. The van der Waals surface area contributed by atoms with Gasteiger partial charge in [-0.05, 0) is 18.6 Å². The van der Waals surface area contributed by atoms with Gasteiger partial charge < -0.3 is 14.7 Å². The molecule has 0 radical (unpaired) electrons. The lowest BCUT2D eigenvalue weighted by Crippen LogP contribution is -2.48. The van der Waals surface area contributed by atoms with Crippen LogP contribution < -0.4 is 0 Å². The van der Waals surface area contributed by atoms with Gasteiger partial charge in [0.2, 0.25) is 0 Å². The monoisotopic (exact) mass is 315 g/mol. The molecule has 1 aliphatic heterocycles. The van der Waals surface area contributed by atoms with Crippen LogP contribution in [0, 0.1) is 6.92 Å². The molecule has 1 amide bonds. The molecule has 120 valence electrons.